The van der Waals surface area contributed by atoms with Gasteiger partial charge >= 0.3 is 0 Å². The highest BCUT2D eigenvalue weighted by Gasteiger charge is 2.32. The highest BCUT2D eigenvalue weighted by atomic mass is 32.1. The van der Waals surface area contributed by atoms with Crippen LogP contribution in [-0.2, 0) is 4.79 Å². The Morgan fingerprint density at radius 2 is 1.96 bits per heavy atom. The SMILES string of the molecule is O=C(Nc1ccc(OC2CCCC2)cc1)[C@@H]1CCCN1c1nccs1. The number of benzene rings is 1. The molecule has 6 heteroatoms. The molecule has 1 atom stereocenters. The predicted molar refractivity (Wildman–Crippen MR) is 100 cm³/mol. The summed E-state index contributed by atoms with van der Waals surface area (Å²) in [6.07, 6.45) is 8.84. The van der Waals surface area contributed by atoms with Gasteiger partial charge in [0.05, 0.1) is 6.10 Å². The van der Waals surface area contributed by atoms with Crippen LogP contribution in [-0.4, -0.2) is 29.6 Å². The third-order valence-corrected chi connectivity index (χ3v) is 5.76. The van der Waals surface area contributed by atoms with Crippen molar-refractivity contribution in [3.63, 3.8) is 0 Å². The van der Waals surface area contributed by atoms with Crippen molar-refractivity contribution in [3.8, 4) is 5.75 Å². The second-order valence-electron chi connectivity index (χ2n) is 6.70. The molecular formula is C19H23N3O2S. The first-order chi connectivity index (χ1) is 12.3. The first kappa shape index (κ1) is 16.4. The van der Waals surface area contributed by atoms with Gasteiger partial charge in [-0.1, -0.05) is 0 Å². The van der Waals surface area contributed by atoms with Gasteiger partial charge in [0.2, 0.25) is 5.91 Å². The van der Waals surface area contributed by atoms with E-state index in [1.165, 1.54) is 12.8 Å². The summed E-state index contributed by atoms with van der Waals surface area (Å²) in [5.41, 5.74) is 0.815. The first-order valence-electron chi connectivity index (χ1n) is 9.03. The number of rotatable bonds is 5. The normalized spacial score (nSPS) is 20.8. The van der Waals surface area contributed by atoms with E-state index in [1.54, 1.807) is 17.5 Å². The number of aromatic nitrogens is 1. The molecule has 1 aliphatic heterocycles. The van der Waals surface area contributed by atoms with E-state index in [1.807, 2.05) is 29.6 Å². The van der Waals surface area contributed by atoms with E-state index in [4.69, 9.17) is 4.74 Å². The van der Waals surface area contributed by atoms with Crippen LogP contribution in [0, 0.1) is 0 Å². The molecule has 0 spiro atoms. The fourth-order valence-electron chi connectivity index (χ4n) is 3.67. The van der Waals surface area contributed by atoms with Gasteiger partial charge in [-0.15, -0.1) is 11.3 Å². The molecule has 25 heavy (non-hydrogen) atoms. The lowest BCUT2D eigenvalue weighted by Gasteiger charge is -2.23. The molecule has 1 amide bonds. The van der Waals surface area contributed by atoms with Crippen molar-refractivity contribution in [3.05, 3.63) is 35.8 Å². The molecular weight excluding hydrogens is 334 g/mol. The quantitative estimate of drug-likeness (QED) is 0.876. The van der Waals surface area contributed by atoms with Gasteiger partial charge in [-0.05, 0) is 62.8 Å². The molecule has 4 rings (SSSR count). The third kappa shape index (κ3) is 3.79. The Kier molecular flexibility index (Phi) is 4.88. The van der Waals surface area contributed by atoms with Crippen LogP contribution < -0.4 is 15.0 Å². The Balaban J connectivity index is 1.37. The van der Waals surface area contributed by atoms with E-state index in [0.717, 1.165) is 48.8 Å². The van der Waals surface area contributed by atoms with Gasteiger partial charge in [-0.2, -0.15) is 0 Å². The lowest BCUT2D eigenvalue weighted by molar-refractivity contribution is -0.117. The van der Waals surface area contributed by atoms with Gasteiger partial charge in [-0.3, -0.25) is 4.79 Å². The predicted octanol–water partition coefficient (Wildman–Crippen LogP) is 4.07. The van der Waals surface area contributed by atoms with Gasteiger partial charge in [0.1, 0.15) is 11.8 Å². The van der Waals surface area contributed by atoms with Crippen LogP contribution in [0.4, 0.5) is 10.8 Å². The average Bonchev–Trinajstić information content (AvgIpc) is 3.38. The first-order valence-corrected chi connectivity index (χ1v) is 9.91. The molecule has 132 valence electrons. The molecule has 2 fully saturated rings. The third-order valence-electron chi connectivity index (χ3n) is 4.95. The van der Waals surface area contributed by atoms with Crippen molar-refractivity contribution in [1.82, 2.24) is 4.98 Å². The van der Waals surface area contributed by atoms with E-state index >= 15 is 0 Å². The highest BCUT2D eigenvalue weighted by molar-refractivity contribution is 7.13. The second kappa shape index (κ2) is 7.44. The summed E-state index contributed by atoms with van der Waals surface area (Å²) in [6, 6.07) is 7.60. The summed E-state index contributed by atoms with van der Waals surface area (Å²) in [4.78, 5) is 19.1. The van der Waals surface area contributed by atoms with Crippen molar-refractivity contribution in [2.45, 2.75) is 50.7 Å². The number of nitrogens with one attached hydrogen (secondary N) is 1. The van der Waals surface area contributed by atoms with E-state index in [-0.39, 0.29) is 11.9 Å². The summed E-state index contributed by atoms with van der Waals surface area (Å²) in [5.74, 6) is 0.923. The zero-order chi connectivity index (χ0) is 17.1. The Morgan fingerprint density at radius 3 is 2.68 bits per heavy atom. The molecule has 1 aromatic heterocycles. The highest BCUT2D eigenvalue weighted by Crippen LogP contribution is 2.28. The van der Waals surface area contributed by atoms with E-state index in [9.17, 15) is 4.79 Å². The zero-order valence-corrected chi connectivity index (χ0v) is 15.0. The molecule has 5 nitrogen and oxygen atoms in total. The fourth-order valence-corrected chi connectivity index (χ4v) is 4.39. The van der Waals surface area contributed by atoms with Gasteiger partial charge in [0.25, 0.3) is 0 Å². The number of carbonyl (C=O) groups is 1. The van der Waals surface area contributed by atoms with Crippen molar-refractivity contribution in [2.24, 2.45) is 0 Å². The minimum atomic E-state index is -0.138. The lowest BCUT2D eigenvalue weighted by atomic mass is 10.2. The topological polar surface area (TPSA) is 54.5 Å². The van der Waals surface area contributed by atoms with Gasteiger partial charge < -0.3 is 15.0 Å². The molecule has 1 N–H and O–H groups in total. The maximum atomic E-state index is 12.7. The largest absolute Gasteiger partial charge is 0.490 e. The maximum Gasteiger partial charge on any atom is 0.247 e. The van der Waals surface area contributed by atoms with Crippen LogP contribution in [0.15, 0.2) is 35.8 Å². The summed E-state index contributed by atoms with van der Waals surface area (Å²) in [5, 5.41) is 5.92. The standard InChI is InChI=1S/C19H23N3O2S/c23-18(17-6-3-12-22(17)19-20-11-13-25-19)21-14-7-9-16(10-8-14)24-15-4-1-2-5-15/h7-11,13,15,17H,1-6,12H2,(H,21,23)/t17-/m0/s1. The van der Waals surface area contributed by atoms with Crippen LogP contribution in [0.2, 0.25) is 0 Å². The number of thiazole rings is 1. The van der Waals surface area contributed by atoms with E-state index < -0.39 is 0 Å². The Morgan fingerprint density at radius 1 is 1.16 bits per heavy atom. The summed E-state index contributed by atoms with van der Waals surface area (Å²) < 4.78 is 5.97. The van der Waals surface area contributed by atoms with Crippen LogP contribution >= 0.6 is 11.3 Å². The number of anilines is 2. The summed E-state index contributed by atoms with van der Waals surface area (Å²) in [6.45, 7) is 0.889. The zero-order valence-electron chi connectivity index (χ0n) is 14.2. The number of hydrogen-bond donors (Lipinski definition) is 1. The van der Waals surface area contributed by atoms with Crippen LogP contribution in [0.3, 0.4) is 0 Å². The number of ether oxygens (including phenoxy) is 1. The smallest absolute Gasteiger partial charge is 0.247 e. The molecule has 0 radical (unpaired) electrons. The molecule has 1 aliphatic carbocycles. The molecule has 1 aromatic carbocycles. The molecule has 1 saturated carbocycles. The molecule has 2 aromatic rings. The molecule has 0 unspecified atom stereocenters. The number of hydrogen-bond acceptors (Lipinski definition) is 5. The molecule has 2 aliphatic rings. The van der Waals surface area contributed by atoms with Crippen LogP contribution in [0.25, 0.3) is 0 Å². The van der Waals surface area contributed by atoms with Gasteiger partial charge in [0, 0.05) is 23.8 Å². The van der Waals surface area contributed by atoms with Gasteiger partial charge in [0.15, 0.2) is 5.13 Å². The fraction of sp³-hybridized carbons (Fsp3) is 0.474. The van der Waals surface area contributed by atoms with E-state index in [0.29, 0.717) is 6.10 Å². The molecule has 2 heterocycles. The van der Waals surface area contributed by atoms with Crippen molar-refractivity contribution < 1.29 is 9.53 Å². The molecule has 1 saturated heterocycles. The summed E-state index contributed by atoms with van der Waals surface area (Å²) >= 11 is 1.58. The van der Waals surface area contributed by atoms with Crippen LogP contribution in [0.1, 0.15) is 38.5 Å². The minimum Gasteiger partial charge on any atom is -0.490 e. The van der Waals surface area contributed by atoms with Crippen molar-refractivity contribution in [1.29, 1.82) is 0 Å². The Bertz CT molecular complexity index is 696. The monoisotopic (exact) mass is 357 g/mol. The number of nitrogens with zero attached hydrogens (tertiary/aromatic N) is 2. The van der Waals surface area contributed by atoms with Crippen LogP contribution in [0.5, 0.6) is 5.75 Å². The van der Waals surface area contributed by atoms with E-state index in [2.05, 4.69) is 15.2 Å². The second-order valence-corrected chi connectivity index (χ2v) is 7.58. The van der Waals surface area contributed by atoms with Crippen molar-refractivity contribution in [2.75, 3.05) is 16.8 Å². The molecule has 0 bridgehead atoms. The number of carbonyl (C=O) groups excluding carboxylic acids is 1. The summed E-state index contributed by atoms with van der Waals surface area (Å²) in [7, 11) is 0. The average molecular weight is 357 g/mol. The maximum absolute atomic E-state index is 12.7. The van der Waals surface area contributed by atoms with Crippen molar-refractivity contribution >= 4 is 28.1 Å². The number of amides is 1. The lowest BCUT2D eigenvalue weighted by Crippen LogP contribution is -2.39. The Labute approximate surface area is 152 Å². The Hall–Kier alpha value is -2.08. The van der Waals surface area contributed by atoms with Gasteiger partial charge in [-0.25, -0.2) is 4.98 Å². The minimum absolute atomic E-state index is 0.0390.